The molecule has 8 heteroatoms. The number of hydrogen-bond acceptors (Lipinski definition) is 3. The van der Waals surface area contributed by atoms with Crippen LogP contribution in [0.1, 0.15) is 49.3 Å². The van der Waals surface area contributed by atoms with E-state index in [0.29, 0.717) is 23.2 Å². The molecule has 1 N–H and O–H groups in total. The molecular formula is C28H25F3N2O3. The maximum absolute atomic E-state index is 14.6. The fourth-order valence-corrected chi connectivity index (χ4v) is 5.62. The summed E-state index contributed by atoms with van der Waals surface area (Å²) in [6, 6.07) is 16.2. The van der Waals surface area contributed by atoms with Crippen LogP contribution in [0.4, 0.5) is 30.2 Å². The van der Waals surface area contributed by atoms with Gasteiger partial charge in [0.15, 0.2) is 5.41 Å². The largest absolute Gasteiger partial charge is 0.508 e. The van der Waals surface area contributed by atoms with E-state index in [1.807, 2.05) is 6.92 Å². The van der Waals surface area contributed by atoms with E-state index in [1.165, 1.54) is 21.9 Å². The van der Waals surface area contributed by atoms with Gasteiger partial charge in [0.1, 0.15) is 5.75 Å². The molecule has 2 atom stereocenters. The Morgan fingerprint density at radius 2 is 1.67 bits per heavy atom. The summed E-state index contributed by atoms with van der Waals surface area (Å²) in [4.78, 5) is 31.6. The van der Waals surface area contributed by atoms with Crippen molar-refractivity contribution < 1.29 is 27.9 Å². The number of amides is 2. The van der Waals surface area contributed by atoms with Crippen LogP contribution in [0.25, 0.3) is 0 Å². The second-order valence-electron chi connectivity index (χ2n) is 9.21. The third-order valence-electron chi connectivity index (χ3n) is 7.32. The zero-order valence-electron chi connectivity index (χ0n) is 19.8. The number of halogens is 3. The molecule has 0 radical (unpaired) electrons. The van der Waals surface area contributed by atoms with Crippen LogP contribution < -0.4 is 9.80 Å². The number of alkyl halides is 3. The second kappa shape index (κ2) is 8.40. The molecule has 36 heavy (non-hydrogen) atoms. The van der Waals surface area contributed by atoms with Crippen molar-refractivity contribution in [3.8, 4) is 5.75 Å². The molecule has 1 aliphatic heterocycles. The van der Waals surface area contributed by atoms with E-state index in [0.717, 1.165) is 12.1 Å². The van der Waals surface area contributed by atoms with Crippen molar-refractivity contribution in [2.75, 3.05) is 16.3 Å². The highest BCUT2D eigenvalue weighted by Gasteiger charge is 2.59. The first kappa shape index (κ1) is 23.9. The van der Waals surface area contributed by atoms with Gasteiger partial charge in [-0.1, -0.05) is 31.2 Å². The van der Waals surface area contributed by atoms with E-state index in [9.17, 15) is 27.9 Å². The third kappa shape index (κ3) is 3.38. The predicted molar refractivity (Wildman–Crippen MR) is 130 cm³/mol. The third-order valence-corrected chi connectivity index (χ3v) is 7.32. The highest BCUT2D eigenvalue weighted by molar-refractivity contribution is 6.27. The zero-order valence-corrected chi connectivity index (χ0v) is 19.8. The predicted octanol–water partition coefficient (Wildman–Crippen LogP) is 6.28. The number of carbonyl (C=O) groups excluding carboxylic acids is 2. The lowest BCUT2D eigenvalue weighted by Gasteiger charge is -2.33. The number of fused-ring (bicyclic) bond motifs is 3. The summed E-state index contributed by atoms with van der Waals surface area (Å²) >= 11 is 0. The molecular weight excluding hydrogens is 469 g/mol. The first-order valence-electron chi connectivity index (χ1n) is 11.9. The molecule has 5 nitrogen and oxygen atoms in total. The maximum Gasteiger partial charge on any atom is 0.416 e. The number of para-hydroxylation sites is 1. The summed E-state index contributed by atoms with van der Waals surface area (Å²) < 4.78 is 41.3. The van der Waals surface area contributed by atoms with Crippen molar-refractivity contribution in [3.05, 3.63) is 83.4 Å². The van der Waals surface area contributed by atoms with Gasteiger partial charge in [-0.15, -0.1) is 0 Å². The lowest BCUT2D eigenvalue weighted by molar-refractivity contribution is -0.138. The van der Waals surface area contributed by atoms with Crippen LogP contribution in [0.3, 0.4) is 0 Å². The molecule has 186 valence electrons. The van der Waals surface area contributed by atoms with Crippen LogP contribution in [0.5, 0.6) is 5.75 Å². The number of likely N-dealkylation sites (N-methyl/N-ethyl adjacent to an activating group) is 1. The van der Waals surface area contributed by atoms with E-state index < -0.39 is 29.0 Å². The van der Waals surface area contributed by atoms with Gasteiger partial charge in [-0.05, 0) is 79.3 Å². The Balaban J connectivity index is 1.84. The molecule has 2 amide bonds. The summed E-state index contributed by atoms with van der Waals surface area (Å²) in [5.41, 5.74) is -0.729. The molecule has 0 fully saturated rings. The molecule has 3 aromatic carbocycles. The summed E-state index contributed by atoms with van der Waals surface area (Å²) in [5.74, 6) is -1.22. The van der Waals surface area contributed by atoms with Crippen molar-refractivity contribution in [3.63, 3.8) is 0 Å². The topological polar surface area (TPSA) is 60.9 Å². The first-order valence-corrected chi connectivity index (χ1v) is 11.9. The van der Waals surface area contributed by atoms with Gasteiger partial charge in [-0.25, -0.2) is 0 Å². The summed E-state index contributed by atoms with van der Waals surface area (Å²) in [6.07, 6.45) is -3.84. The zero-order chi connectivity index (χ0) is 25.8. The van der Waals surface area contributed by atoms with Crippen molar-refractivity contribution in [2.45, 2.75) is 44.2 Å². The Labute approximate surface area is 206 Å². The number of benzene rings is 3. The summed E-state index contributed by atoms with van der Waals surface area (Å²) in [7, 11) is 0. The molecule has 1 aliphatic carbocycles. The van der Waals surface area contributed by atoms with Crippen LogP contribution in [-0.2, 0) is 21.2 Å². The average Bonchev–Trinajstić information content (AvgIpc) is 3.16. The lowest BCUT2D eigenvalue weighted by Crippen LogP contribution is -2.53. The highest BCUT2D eigenvalue weighted by Crippen LogP contribution is 2.54. The van der Waals surface area contributed by atoms with Crippen molar-refractivity contribution in [2.24, 2.45) is 0 Å². The molecule has 0 saturated carbocycles. The number of phenolic OH excluding ortho intramolecular Hbond substituents is 1. The molecule has 0 bridgehead atoms. The Morgan fingerprint density at radius 3 is 2.31 bits per heavy atom. The van der Waals surface area contributed by atoms with Crippen molar-refractivity contribution >= 4 is 28.9 Å². The number of hydrogen-bond donors (Lipinski definition) is 1. The quantitative estimate of drug-likeness (QED) is 0.436. The first-order chi connectivity index (χ1) is 17.1. The van der Waals surface area contributed by atoms with Crippen LogP contribution in [0.2, 0.25) is 0 Å². The Morgan fingerprint density at radius 1 is 0.944 bits per heavy atom. The van der Waals surface area contributed by atoms with Crippen LogP contribution in [0.15, 0.2) is 66.7 Å². The lowest BCUT2D eigenvalue weighted by atomic mass is 9.78. The van der Waals surface area contributed by atoms with Gasteiger partial charge < -0.3 is 10.0 Å². The number of rotatable bonds is 3. The van der Waals surface area contributed by atoms with Gasteiger partial charge in [0.25, 0.3) is 5.91 Å². The standard InChI is InChI=1S/C28H25F3N2O3/c1-3-17-16-27(22-12-11-20(34)15-21(17)22)25(35)32(4-2)23-13-10-18(28(29,30)31)14-24(23)33(26(27)36)19-8-6-5-7-9-19/h5-15,17,34H,3-4,16H2,1-2H3. The van der Waals surface area contributed by atoms with Gasteiger partial charge in [-0.2, -0.15) is 13.2 Å². The van der Waals surface area contributed by atoms with Crippen LogP contribution in [0, 0.1) is 0 Å². The van der Waals surface area contributed by atoms with Crippen LogP contribution >= 0.6 is 0 Å². The Hall–Kier alpha value is -3.81. The van der Waals surface area contributed by atoms with Gasteiger partial charge in [0.05, 0.1) is 16.9 Å². The van der Waals surface area contributed by atoms with E-state index in [-0.39, 0.29) is 36.0 Å². The molecule has 2 unspecified atom stereocenters. The molecule has 1 heterocycles. The smallest absolute Gasteiger partial charge is 0.416 e. The van der Waals surface area contributed by atoms with E-state index >= 15 is 0 Å². The molecule has 0 aromatic heterocycles. The molecule has 3 aromatic rings. The normalized spacial score (nSPS) is 21.5. The molecule has 1 spiro atoms. The molecule has 0 saturated heterocycles. The minimum atomic E-state index is -4.63. The minimum absolute atomic E-state index is 0.00776. The number of anilines is 3. The maximum atomic E-state index is 14.6. The summed E-state index contributed by atoms with van der Waals surface area (Å²) in [6.45, 7) is 3.85. The molecule has 2 aliphatic rings. The second-order valence-corrected chi connectivity index (χ2v) is 9.21. The van der Waals surface area contributed by atoms with E-state index in [2.05, 4.69) is 0 Å². The fraction of sp³-hybridized carbons (Fsp3) is 0.286. The van der Waals surface area contributed by atoms with Gasteiger partial charge in [0.2, 0.25) is 5.91 Å². The SMILES string of the molecule is CCC1CC2(C(=O)N(CC)c3ccc(C(F)(F)F)cc3N(c3ccccc3)C2=O)c2ccc(O)cc21. The minimum Gasteiger partial charge on any atom is -0.508 e. The average molecular weight is 495 g/mol. The van der Waals surface area contributed by atoms with E-state index in [1.54, 1.807) is 49.4 Å². The monoisotopic (exact) mass is 494 g/mol. The molecule has 5 rings (SSSR count). The Kier molecular flexibility index (Phi) is 5.58. The fourth-order valence-electron chi connectivity index (χ4n) is 5.62. The number of phenols is 1. The van der Waals surface area contributed by atoms with Gasteiger partial charge >= 0.3 is 6.18 Å². The number of carbonyl (C=O) groups is 2. The number of aromatic hydroxyl groups is 1. The van der Waals surface area contributed by atoms with E-state index in [4.69, 9.17) is 0 Å². The van der Waals surface area contributed by atoms with Crippen molar-refractivity contribution in [1.29, 1.82) is 0 Å². The number of nitrogens with zero attached hydrogens (tertiary/aromatic N) is 2. The summed E-state index contributed by atoms with van der Waals surface area (Å²) in [5, 5.41) is 10.2. The van der Waals surface area contributed by atoms with Gasteiger partial charge in [0, 0.05) is 12.2 Å². The Bertz CT molecular complexity index is 1360. The van der Waals surface area contributed by atoms with Crippen molar-refractivity contribution in [1.82, 2.24) is 0 Å². The highest BCUT2D eigenvalue weighted by atomic mass is 19.4. The van der Waals surface area contributed by atoms with Gasteiger partial charge in [-0.3, -0.25) is 14.5 Å². The van der Waals surface area contributed by atoms with Crippen LogP contribution in [-0.4, -0.2) is 23.5 Å².